The summed E-state index contributed by atoms with van der Waals surface area (Å²) in [4.78, 5) is 21.5. The van der Waals surface area contributed by atoms with Crippen molar-refractivity contribution >= 4 is 41.1 Å². The quantitative estimate of drug-likeness (QED) is 0.245. The lowest BCUT2D eigenvalue weighted by atomic mass is 10.2. The minimum Gasteiger partial charge on any atom is -0.491 e. The number of ether oxygens (including phenoxy) is 1. The minimum atomic E-state index is -1.26. The van der Waals surface area contributed by atoms with Crippen LogP contribution in [0.2, 0.25) is 0 Å². The molecule has 0 saturated heterocycles. The maximum Gasteiger partial charge on any atom is 0.328 e. The zero-order chi connectivity index (χ0) is 24.2. The lowest BCUT2D eigenvalue weighted by Crippen LogP contribution is -2.39. The fraction of sp³-hybridized carbons (Fsp3) is 0.333. The van der Waals surface area contributed by atoms with Crippen LogP contribution in [0.15, 0.2) is 64.4 Å². The number of anilines is 1. The molecule has 0 unspecified atom stereocenters. The second-order valence-corrected chi connectivity index (χ2v) is 9.71. The number of para-hydroxylation sites is 2. The number of carboxylic acids is 2. The van der Waals surface area contributed by atoms with Gasteiger partial charge in [0.2, 0.25) is 0 Å². The normalized spacial score (nSPS) is 16.0. The van der Waals surface area contributed by atoms with Gasteiger partial charge >= 0.3 is 11.9 Å². The van der Waals surface area contributed by atoms with Gasteiger partial charge in [-0.15, -0.1) is 23.5 Å². The third-order valence-electron chi connectivity index (χ3n) is 4.66. The topological polar surface area (TPSA) is 122 Å². The third-order valence-corrected chi connectivity index (χ3v) is 7.28. The zero-order valence-corrected chi connectivity index (χ0v) is 20.3. The Morgan fingerprint density at radius 1 is 1.21 bits per heavy atom. The Hall–Kier alpha value is -2.62. The summed E-state index contributed by atoms with van der Waals surface area (Å²) in [5, 5.41) is 19.3. The van der Waals surface area contributed by atoms with Gasteiger partial charge in [-0.25, -0.2) is 9.59 Å². The molecule has 5 N–H and O–H groups in total. The van der Waals surface area contributed by atoms with Crippen LogP contribution in [0.3, 0.4) is 0 Å². The van der Waals surface area contributed by atoms with E-state index in [-0.39, 0.29) is 0 Å². The van der Waals surface area contributed by atoms with E-state index in [9.17, 15) is 9.59 Å². The van der Waals surface area contributed by atoms with E-state index in [0.717, 1.165) is 41.7 Å². The van der Waals surface area contributed by atoms with Gasteiger partial charge in [0.1, 0.15) is 12.4 Å². The molecular formula is C24H30N2O5S2. The summed E-state index contributed by atoms with van der Waals surface area (Å²) in [5.41, 5.74) is 8.23. The van der Waals surface area contributed by atoms with Crippen LogP contribution in [0.5, 0.6) is 5.75 Å². The minimum absolute atomic E-state index is 0.383. The highest BCUT2D eigenvalue weighted by Gasteiger charge is 2.18. The number of carbonyl (C=O) groups is 2. The molecule has 7 nitrogen and oxygen atoms in total. The van der Waals surface area contributed by atoms with Crippen molar-refractivity contribution in [1.29, 1.82) is 0 Å². The van der Waals surface area contributed by atoms with Crippen LogP contribution < -0.4 is 15.8 Å². The Morgan fingerprint density at radius 2 is 1.91 bits per heavy atom. The average Bonchev–Trinajstić information content (AvgIpc) is 3.00. The van der Waals surface area contributed by atoms with E-state index < -0.39 is 11.9 Å². The number of carboxylic acid groups (broad SMARTS) is 2. The molecule has 2 atom stereocenters. The summed E-state index contributed by atoms with van der Waals surface area (Å²) in [7, 11) is 0. The first kappa shape index (κ1) is 26.6. The van der Waals surface area contributed by atoms with Gasteiger partial charge in [-0.3, -0.25) is 0 Å². The number of nitrogens with one attached hydrogen (secondary N) is 1. The summed E-state index contributed by atoms with van der Waals surface area (Å²) in [6.07, 6.45) is 1.12. The number of thioether (sulfide) groups is 2. The second-order valence-electron chi connectivity index (χ2n) is 7.59. The highest BCUT2D eigenvalue weighted by Crippen LogP contribution is 2.32. The van der Waals surface area contributed by atoms with Crippen molar-refractivity contribution < 1.29 is 24.5 Å². The maximum absolute atomic E-state index is 9.55. The number of aryl methyl sites for hydroxylation is 1. The third kappa shape index (κ3) is 9.81. The van der Waals surface area contributed by atoms with Gasteiger partial charge in [0.25, 0.3) is 0 Å². The molecule has 2 aromatic carbocycles. The molecule has 3 rings (SSSR count). The first-order valence-corrected chi connectivity index (χ1v) is 12.4. The first-order chi connectivity index (χ1) is 15.8. The van der Waals surface area contributed by atoms with Gasteiger partial charge in [-0.2, -0.15) is 0 Å². The second kappa shape index (κ2) is 13.8. The SMILES string of the molecule is Cc1cccc(SC[C@@H](C)CN[C@@H]2COc3ccccc3SC2)c1N.O=C(O)/C=C\C(=O)O. The van der Waals surface area contributed by atoms with E-state index in [1.165, 1.54) is 9.79 Å². The van der Waals surface area contributed by atoms with E-state index >= 15 is 0 Å². The van der Waals surface area contributed by atoms with E-state index in [2.05, 4.69) is 55.6 Å². The van der Waals surface area contributed by atoms with Crippen molar-refractivity contribution in [2.24, 2.45) is 5.92 Å². The van der Waals surface area contributed by atoms with Crippen molar-refractivity contribution in [2.45, 2.75) is 29.7 Å². The molecule has 0 saturated carbocycles. The lowest BCUT2D eigenvalue weighted by molar-refractivity contribution is -0.134. The van der Waals surface area contributed by atoms with Gasteiger partial charge in [-0.05, 0) is 43.1 Å². The van der Waals surface area contributed by atoms with Crippen LogP contribution in [-0.2, 0) is 9.59 Å². The average molecular weight is 491 g/mol. The molecule has 33 heavy (non-hydrogen) atoms. The number of nitrogen functional groups attached to an aromatic ring is 1. The zero-order valence-electron chi connectivity index (χ0n) is 18.7. The number of hydrogen-bond acceptors (Lipinski definition) is 7. The van der Waals surface area contributed by atoms with Crippen LogP contribution in [0.1, 0.15) is 12.5 Å². The molecule has 2 aromatic rings. The highest BCUT2D eigenvalue weighted by atomic mass is 32.2. The molecule has 9 heteroatoms. The van der Waals surface area contributed by atoms with Crippen LogP contribution in [0.4, 0.5) is 5.69 Å². The van der Waals surface area contributed by atoms with Crippen molar-refractivity contribution in [3.8, 4) is 5.75 Å². The van der Waals surface area contributed by atoms with Crippen LogP contribution >= 0.6 is 23.5 Å². The summed E-state index contributed by atoms with van der Waals surface area (Å²) in [6, 6.07) is 14.9. The molecule has 0 amide bonds. The van der Waals surface area contributed by atoms with Crippen molar-refractivity contribution in [2.75, 3.05) is 30.4 Å². The standard InChI is InChI=1S/C20H26N2OS2.C4H4O4/c1-14(12-24-19-9-5-6-15(2)20(19)21)10-22-16-11-23-17-7-3-4-8-18(17)25-13-16;5-3(6)1-2-4(7)8/h3-9,14,16,22H,10-13,21H2,1-2H3;1-2H,(H,5,6)(H,7,8)/b;2-1-/t14-,16+;/m0./s1. The Balaban J connectivity index is 0.000000414. The molecule has 1 aliphatic heterocycles. The monoisotopic (exact) mass is 490 g/mol. The fourth-order valence-electron chi connectivity index (χ4n) is 2.82. The Morgan fingerprint density at radius 3 is 2.61 bits per heavy atom. The predicted octanol–water partition coefficient (Wildman–Crippen LogP) is 4.16. The van der Waals surface area contributed by atoms with Gasteiger partial charge < -0.3 is 26.0 Å². The molecule has 0 aliphatic carbocycles. The molecule has 0 aromatic heterocycles. The van der Waals surface area contributed by atoms with Crippen molar-refractivity contribution in [1.82, 2.24) is 5.32 Å². The summed E-state index contributed by atoms with van der Waals surface area (Å²) in [6.45, 7) is 6.07. The van der Waals surface area contributed by atoms with Gasteiger partial charge in [0, 0.05) is 39.1 Å². The Bertz CT molecular complexity index is 925. The van der Waals surface area contributed by atoms with Crippen LogP contribution in [0, 0.1) is 12.8 Å². The Kier molecular flexibility index (Phi) is 11.2. The molecule has 1 aliphatic rings. The number of nitrogens with two attached hydrogens (primary N) is 1. The summed E-state index contributed by atoms with van der Waals surface area (Å²) in [5.74, 6) is 1.17. The van der Waals surface area contributed by atoms with E-state index in [1.807, 2.05) is 29.6 Å². The predicted molar refractivity (Wildman–Crippen MR) is 134 cm³/mol. The van der Waals surface area contributed by atoms with E-state index in [4.69, 9.17) is 20.7 Å². The molecule has 0 radical (unpaired) electrons. The van der Waals surface area contributed by atoms with E-state index in [0.29, 0.717) is 24.1 Å². The Labute approximate surface area is 202 Å². The fourth-order valence-corrected chi connectivity index (χ4v) is 4.93. The molecule has 0 fully saturated rings. The molecule has 0 bridgehead atoms. The number of rotatable bonds is 8. The first-order valence-electron chi connectivity index (χ1n) is 10.5. The van der Waals surface area contributed by atoms with Gasteiger partial charge in [-0.1, -0.05) is 31.2 Å². The number of fused-ring (bicyclic) bond motifs is 1. The highest BCUT2D eigenvalue weighted by molar-refractivity contribution is 7.99. The number of aliphatic carboxylic acids is 2. The van der Waals surface area contributed by atoms with Gasteiger partial charge in [0.15, 0.2) is 0 Å². The van der Waals surface area contributed by atoms with Crippen molar-refractivity contribution in [3.63, 3.8) is 0 Å². The van der Waals surface area contributed by atoms with Crippen LogP contribution in [-0.4, -0.2) is 52.9 Å². The van der Waals surface area contributed by atoms with E-state index in [1.54, 1.807) is 0 Å². The molecule has 0 spiro atoms. The van der Waals surface area contributed by atoms with Crippen LogP contribution in [0.25, 0.3) is 0 Å². The smallest absolute Gasteiger partial charge is 0.328 e. The van der Waals surface area contributed by atoms with Crippen molar-refractivity contribution in [3.05, 3.63) is 60.2 Å². The molecule has 1 heterocycles. The molecular weight excluding hydrogens is 460 g/mol. The molecule has 178 valence electrons. The number of hydrogen-bond donors (Lipinski definition) is 4. The summed E-state index contributed by atoms with van der Waals surface area (Å²) < 4.78 is 5.95. The van der Waals surface area contributed by atoms with Gasteiger partial charge in [0.05, 0.1) is 6.04 Å². The maximum atomic E-state index is 9.55. The largest absolute Gasteiger partial charge is 0.491 e. The summed E-state index contributed by atoms with van der Waals surface area (Å²) >= 11 is 3.72. The number of benzene rings is 2. The lowest BCUT2D eigenvalue weighted by Gasteiger charge is -2.19.